The van der Waals surface area contributed by atoms with E-state index in [1.807, 2.05) is 0 Å². The van der Waals surface area contributed by atoms with Gasteiger partial charge in [-0.2, -0.15) is 13.2 Å². The van der Waals surface area contributed by atoms with Gasteiger partial charge in [0, 0.05) is 6.07 Å². The number of hydrogen-bond acceptors (Lipinski definition) is 5. The van der Waals surface area contributed by atoms with Crippen molar-refractivity contribution in [2.45, 2.75) is 12.6 Å². The lowest BCUT2D eigenvalue weighted by Gasteiger charge is -2.10. The molecule has 0 aliphatic carbocycles. The van der Waals surface area contributed by atoms with E-state index in [-0.39, 0.29) is 17.7 Å². The molecule has 0 N–H and O–H groups in total. The largest absolute Gasteiger partial charge is 0.497 e. The summed E-state index contributed by atoms with van der Waals surface area (Å²) in [6.07, 6.45) is -4.69. The molecule has 2 rings (SSSR count). The first-order chi connectivity index (χ1) is 12.7. The van der Waals surface area contributed by atoms with Crippen LogP contribution in [0.5, 0.6) is 11.5 Å². The normalized spacial score (nSPS) is 11.0. The molecule has 0 spiro atoms. The minimum Gasteiger partial charge on any atom is -0.497 e. The lowest BCUT2D eigenvalue weighted by atomic mass is 10.1. The Balaban J connectivity index is 1.94. The van der Waals surface area contributed by atoms with Gasteiger partial charge in [0.25, 0.3) is 0 Å². The summed E-state index contributed by atoms with van der Waals surface area (Å²) in [5.74, 6) is -0.424. The smallest absolute Gasteiger partial charge is 0.416 e. The zero-order valence-electron chi connectivity index (χ0n) is 14.6. The summed E-state index contributed by atoms with van der Waals surface area (Å²) < 4.78 is 52.6. The van der Waals surface area contributed by atoms with Crippen molar-refractivity contribution in [2.75, 3.05) is 20.8 Å². The first-order valence-corrected chi connectivity index (χ1v) is 7.81. The Morgan fingerprint density at radius 1 is 0.963 bits per heavy atom. The van der Waals surface area contributed by atoms with E-state index in [2.05, 4.69) is 0 Å². The minimum absolute atomic E-state index is 0.223. The Labute approximate surface area is 153 Å². The molecule has 0 unspecified atom stereocenters. The van der Waals surface area contributed by atoms with Gasteiger partial charge in [0.1, 0.15) is 11.5 Å². The molecule has 5 nitrogen and oxygen atoms in total. The number of halogens is 3. The van der Waals surface area contributed by atoms with Crippen molar-refractivity contribution in [3.63, 3.8) is 0 Å². The van der Waals surface area contributed by atoms with Crippen LogP contribution in [0.1, 0.15) is 21.5 Å². The minimum atomic E-state index is -4.44. The molecule has 0 radical (unpaired) electrons. The van der Waals surface area contributed by atoms with Crippen molar-refractivity contribution in [1.29, 1.82) is 0 Å². The van der Waals surface area contributed by atoms with Crippen molar-refractivity contribution in [1.82, 2.24) is 0 Å². The second-order valence-corrected chi connectivity index (χ2v) is 5.52. The van der Waals surface area contributed by atoms with Gasteiger partial charge in [0.05, 0.1) is 31.8 Å². The second kappa shape index (κ2) is 8.57. The van der Waals surface area contributed by atoms with Crippen LogP contribution in [0.3, 0.4) is 0 Å². The molecule has 2 aromatic carbocycles. The van der Waals surface area contributed by atoms with Crippen LogP contribution >= 0.6 is 0 Å². The fraction of sp³-hybridized carbons (Fsp3) is 0.263. The van der Waals surface area contributed by atoms with Crippen LogP contribution in [-0.4, -0.2) is 32.6 Å². The van der Waals surface area contributed by atoms with Crippen LogP contribution < -0.4 is 9.47 Å². The van der Waals surface area contributed by atoms with Gasteiger partial charge in [0.15, 0.2) is 6.61 Å². The Kier molecular flexibility index (Phi) is 6.44. The molecular formula is C19H17F3O5. The van der Waals surface area contributed by atoms with E-state index >= 15 is 0 Å². The first kappa shape index (κ1) is 20.3. The standard InChI is InChI=1S/C19H17F3O5/c1-25-14-7-8-15(17(10-14)26-2)16(23)11-27-18(24)9-12-3-5-13(6-4-12)19(20,21)22/h3-8,10H,9,11H2,1-2H3. The average molecular weight is 382 g/mol. The first-order valence-electron chi connectivity index (χ1n) is 7.81. The van der Waals surface area contributed by atoms with Crippen LogP contribution in [-0.2, 0) is 22.1 Å². The van der Waals surface area contributed by atoms with E-state index in [9.17, 15) is 22.8 Å². The van der Waals surface area contributed by atoms with Crippen LogP contribution in [0.25, 0.3) is 0 Å². The molecule has 2 aromatic rings. The third-order valence-electron chi connectivity index (χ3n) is 3.70. The van der Waals surface area contributed by atoms with E-state index in [1.54, 1.807) is 6.07 Å². The number of carbonyl (C=O) groups excluding carboxylic acids is 2. The Morgan fingerprint density at radius 2 is 1.63 bits per heavy atom. The fourth-order valence-electron chi connectivity index (χ4n) is 2.28. The maximum atomic E-state index is 12.5. The van der Waals surface area contributed by atoms with Crippen LogP contribution in [0.4, 0.5) is 13.2 Å². The third kappa shape index (κ3) is 5.47. The highest BCUT2D eigenvalue weighted by Gasteiger charge is 2.30. The number of benzene rings is 2. The number of rotatable bonds is 7. The summed E-state index contributed by atoms with van der Waals surface area (Å²) in [5, 5.41) is 0. The molecule has 0 amide bonds. The molecule has 0 heterocycles. The van der Waals surface area contributed by atoms with Crippen molar-refractivity contribution < 1.29 is 37.0 Å². The lowest BCUT2D eigenvalue weighted by molar-refractivity contribution is -0.141. The predicted molar refractivity (Wildman–Crippen MR) is 90.0 cm³/mol. The molecule has 0 aliphatic rings. The predicted octanol–water partition coefficient (Wildman–Crippen LogP) is 3.69. The molecule has 8 heteroatoms. The SMILES string of the molecule is COc1ccc(C(=O)COC(=O)Cc2ccc(C(F)(F)F)cc2)c(OC)c1. The highest BCUT2D eigenvalue weighted by molar-refractivity contribution is 6.00. The molecule has 0 aliphatic heterocycles. The monoisotopic (exact) mass is 382 g/mol. The zero-order valence-corrected chi connectivity index (χ0v) is 14.6. The molecule has 0 aromatic heterocycles. The maximum absolute atomic E-state index is 12.5. The third-order valence-corrected chi connectivity index (χ3v) is 3.70. The van der Waals surface area contributed by atoms with Crippen molar-refractivity contribution in [3.05, 3.63) is 59.2 Å². The number of methoxy groups -OCH3 is 2. The highest BCUT2D eigenvalue weighted by atomic mass is 19.4. The average Bonchev–Trinajstić information content (AvgIpc) is 2.65. The van der Waals surface area contributed by atoms with Gasteiger partial charge in [-0.15, -0.1) is 0 Å². The molecule has 0 saturated heterocycles. The summed E-state index contributed by atoms with van der Waals surface area (Å²) >= 11 is 0. The Hall–Kier alpha value is -3.03. The summed E-state index contributed by atoms with van der Waals surface area (Å²) in [7, 11) is 2.86. The molecule has 0 atom stereocenters. The maximum Gasteiger partial charge on any atom is 0.416 e. The van der Waals surface area contributed by atoms with Crippen molar-refractivity contribution in [3.8, 4) is 11.5 Å². The number of ketones is 1. The molecule has 144 valence electrons. The van der Waals surface area contributed by atoms with Gasteiger partial charge in [0.2, 0.25) is 5.78 Å². The summed E-state index contributed by atoms with van der Waals surface area (Å²) in [5.41, 5.74) is -0.232. The quantitative estimate of drug-likeness (QED) is 0.540. The molecule has 0 fully saturated rings. The number of alkyl halides is 3. The van der Waals surface area contributed by atoms with Gasteiger partial charge >= 0.3 is 12.1 Å². The highest BCUT2D eigenvalue weighted by Crippen LogP contribution is 2.29. The number of Topliss-reactive ketones (excluding diaryl/α,β-unsaturated/α-hetero) is 1. The van der Waals surface area contributed by atoms with Gasteiger partial charge in [-0.1, -0.05) is 12.1 Å². The number of hydrogen-bond donors (Lipinski definition) is 0. The van der Waals surface area contributed by atoms with E-state index in [1.165, 1.54) is 38.5 Å². The van der Waals surface area contributed by atoms with E-state index in [0.29, 0.717) is 11.3 Å². The van der Waals surface area contributed by atoms with E-state index in [4.69, 9.17) is 14.2 Å². The summed E-state index contributed by atoms with van der Waals surface area (Å²) in [4.78, 5) is 24.0. The zero-order chi connectivity index (χ0) is 20.0. The Morgan fingerprint density at radius 3 is 2.19 bits per heavy atom. The lowest BCUT2D eigenvalue weighted by Crippen LogP contribution is -2.16. The van der Waals surface area contributed by atoms with Gasteiger partial charge in [-0.25, -0.2) is 0 Å². The van der Waals surface area contributed by atoms with Crippen LogP contribution in [0, 0.1) is 0 Å². The summed E-state index contributed by atoms with van der Waals surface area (Å²) in [6, 6.07) is 8.74. The number of carbonyl (C=O) groups is 2. The molecule has 27 heavy (non-hydrogen) atoms. The van der Waals surface area contributed by atoms with Gasteiger partial charge < -0.3 is 14.2 Å². The molecule has 0 saturated carbocycles. The summed E-state index contributed by atoms with van der Waals surface area (Å²) in [6.45, 7) is -0.512. The van der Waals surface area contributed by atoms with Crippen LogP contribution in [0.2, 0.25) is 0 Å². The van der Waals surface area contributed by atoms with Crippen LogP contribution in [0.15, 0.2) is 42.5 Å². The van der Waals surface area contributed by atoms with Gasteiger partial charge in [-0.05, 0) is 29.8 Å². The van der Waals surface area contributed by atoms with E-state index < -0.39 is 30.1 Å². The Bertz CT molecular complexity index is 813. The molecular weight excluding hydrogens is 365 g/mol. The van der Waals surface area contributed by atoms with Crippen molar-refractivity contribution in [2.24, 2.45) is 0 Å². The second-order valence-electron chi connectivity index (χ2n) is 5.52. The number of esters is 1. The topological polar surface area (TPSA) is 61.8 Å². The van der Waals surface area contributed by atoms with Crippen molar-refractivity contribution >= 4 is 11.8 Å². The fourth-order valence-corrected chi connectivity index (χ4v) is 2.28. The van der Waals surface area contributed by atoms with E-state index in [0.717, 1.165) is 12.1 Å². The molecule has 0 bridgehead atoms. The van der Waals surface area contributed by atoms with Gasteiger partial charge in [-0.3, -0.25) is 9.59 Å². The number of ether oxygens (including phenoxy) is 3.